The number of nitrogens with two attached hydrogens (primary N) is 1. The van der Waals surface area contributed by atoms with Crippen LogP contribution in [0.1, 0.15) is 24.8 Å². The number of rotatable bonds is 5. The van der Waals surface area contributed by atoms with E-state index in [-0.39, 0.29) is 5.54 Å². The summed E-state index contributed by atoms with van der Waals surface area (Å²) in [5.74, 6) is 0.988. The molecule has 0 unspecified atom stereocenters. The number of methoxy groups -OCH3 is 1. The SMILES string of the molecule is COc1ccc(SC)cc1CCC1(N)CC1. The Hall–Kier alpha value is -0.670. The Bertz CT molecular complexity index is 374. The molecule has 3 heteroatoms. The predicted molar refractivity (Wildman–Crippen MR) is 69.2 cm³/mol. The highest BCUT2D eigenvalue weighted by Gasteiger charge is 2.37. The van der Waals surface area contributed by atoms with Crippen LogP contribution in [0.25, 0.3) is 0 Å². The van der Waals surface area contributed by atoms with Gasteiger partial charge in [0.05, 0.1) is 7.11 Å². The topological polar surface area (TPSA) is 35.2 Å². The molecule has 1 aromatic carbocycles. The van der Waals surface area contributed by atoms with Crippen molar-refractivity contribution < 1.29 is 4.74 Å². The zero-order valence-corrected chi connectivity index (χ0v) is 10.8. The van der Waals surface area contributed by atoms with E-state index in [9.17, 15) is 0 Å². The van der Waals surface area contributed by atoms with Gasteiger partial charge in [-0.05, 0) is 55.7 Å². The van der Waals surface area contributed by atoms with Crippen LogP contribution in [-0.4, -0.2) is 18.9 Å². The van der Waals surface area contributed by atoms with Crippen molar-refractivity contribution in [1.29, 1.82) is 0 Å². The Kier molecular flexibility index (Phi) is 3.45. The van der Waals surface area contributed by atoms with E-state index in [1.165, 1.54) is 23.3 Å². The van der Waals surface area contributed by atoms with E-state index in [4.69, 9.17) is 10.5 Å². The van der Waals surface area contributed by atoms with Crippen molar-refractivity contribution in [3.05, 3.63) is 23.8 Å². The van der Waals surface area contributed by atoms with E-state index in [2.05, 4.69) is 24.5 Å². The van der Waals surface area contributed by atoms with Crippen LogP contribution < -0.4 is 10.5 Å². The molecule has 2 N–H and O–H groups in total. The van der Waals surface area contributed by atoms with E-state index in [1.54, 1.807) is 18.9 Å². The third-order valence-electron chi connectivity index (χ3n) is 3.27. The highest BCUT2D eigenvalue weighted by molar-refractivity contribution is 7.98. The summed E-state index contributed by atoms with van der Waals surface area (Å²) in [5, 5.41) is 0. The molecule has 0 amide bonds. The minimum Gasteiger partial charge on any atom is -0.496 e. The van der Waals surface area contributed by atoms with Crippen LogP contribution in [0.4, 0.5) is 0 Å². The summed E-state index contributed by atoms with van der Waals surface area (Å²) in [6.45, 7) is 0. The predicted octanol–water partition coefficient (Wildman–Crippen LogP) is 2.84. The van der Waals surface area contributed by atoms with Crippen molar-refractivity contribution in [3.8, 4) is 5.75 Å². The molecule has 1 fully saturated rings. The average Bonchev–Trinajstić information content (AvgIpc) is 3.05. The Morgan fingerprint density at radius 1 is 1.44 bits per heavy atom. The van der Waals surface area contributed by atoms with Crippen LogP contribution in [0.15, 0.2) is 23.1 Å². The Morgan fingerprint density at radius 2 is 2.19 bits per heavy atom. The first kappa shape index (κ1) is 11.8. The Balaban J connectivity index is 2.09. The van der Waals surface area contributed by atoms with Crippen molar-refractivity contribution in [1.82, 2.24) is 0 Å². The van der Waals surface area contributed by atoms with Crippen molar-refractivity contribution in [3.63, 3.8) is 0 Å². The molecule has 0 aromatic heterocycles. The van der Waals surface area contributed by atoms with E-state index >= 15 is 0 Å². The van der Waals surface area contributed by atoms with Gasteiger partial charge >= 0.3 is 0 Å². The fraction of sp³-hybridized carbons (Fsp3) is 0.538. The van der Waals surface area contributed by atoms with Gasteiger partial charge in [0.2, 0.25) is 0 Å². The van der Waals surface area contributed by atoms with Gasteiger partial charge in [-0.3, -0.25) is 0 Å². The second-order valence-corrected chi connectivity index (χ2v) is 5.42. The molecule has 1 saturated carbocycles. The molecule has 2 nitrogen and oxygen atoms in total. The molecule has 0 saturated heterocycles. The van der Waals surface area contributed by atoms with E-state index in [1.807, 2.05) is 0 Å². The molecular weight excluding hydrogens is 218 g/mol. The van der Waals surface area contributed by atoms with Crippen LogP contribution >= 0.6 is 11.8 Å². The maximum atomic E-state index is 6.11. The number of aryl methyl sites for hydroxylation is 1. The summed E-state index contributed by atoms with van der Waals surface area (Å²) in [7, 11) is 1.73. The van der Waals surface area contributed by atoms with Crippen LogP contribution in [-0.2, 0) is 6.42 Å². The van der Waals surface area contributed by atoms with Gasteiger partial charge in [-0.25, -0.2) is 0 Å². The quantitative estimate of drug-likeness (QED) is 0.800. The Morgan fingerprint density at radius 3 is 2.75 bits per heavy atom. The van der Waals surface area contributed by atoms with E-state index < -0.39 is 0 Å². The van der Waals surface area contributed by atoms with Crippen LogP contribution in [0.5, 0.6) is 5.75 Å². The van der Waals surface area contributed by atoms with Gasteiger partial charge in [0, 0.05) is 10.4 Å². The lowest BCUT2D eigenvalue weighted by atomic mass is 10.0. The zero-order valence-electron chi connectivity index (χ0n) is 9.95. The largest absolute Gasteiger partial charge is 0.496 e. The van der Waals surface area contributed by atoms with Crippen LogP contribution in [0.2, 0.25) is 0 Å². The summed E-state index contributed by atoms with van der Waals surface area (Å²) in [6.07, 6.45) is 6.54. The normalized spacial score (nSPS) is 17.2. The molecule has 0 radical (unpaired) electrons. The fourth-order valence-corrected chi connectivity index (χ4v) is 2.34. The summed E-state index contributed by atoms with van der Waals surface area (Å²) < 4.78 is 5.38. The minimum absolute atomic E-state index is 0.125. The standard InChI is InChI=1S/C13H19NOS/c1-15-12-4-3-11(16-2)9-10(12)5-6-13(14)7-8-13/h3-4,9H,5-8,14H2,1-2H3. The van der Waals surface area contributed by atoms with Gasteiger partial charge in [-0.2, -0.15) is 0 Å². The second-order valence-electron chi connectivity index (χ2n) is 4.54. The van der Waals surface area contributed by atoms with Gasteiger partial charge in [0.1, 0.15) is 5.75 Å². The van der Waals surface area contributed by atoms with Crippen molar-refractivity contribution in [2.45, 2.75) is 36.1 Å². The van der Waals surface area contributed by atoms with Crippen LogP contribution in [0, 0.1) is 0 Å². The molecule has 1 aromatic rings. The van der Waals surface area contributed by atoms with E-state index in [0.717, 1.165) is 18.6 Å². The average molecular weight is 237 g/mol. The summed E-state index contributed by atoms with van der Waals surface area (Å²) in [6, 6.07) is 6.37. The zero-order chi connectivity index (χ0) is 11.6. The van der Waals surface area contributed by atoms with Crippen molar-refractivity contribution in [2.24, 2.45) is 5.73 Å². The second kappa shape index (κ2) is 4.68. The molecule has 1 aliphatic carbocycles. The molecule has 88 valence electrons. The molecule has 2 rings (SSSR count). The van der Waals surface area contributed by atoms with Crippen LogP contribution in [0.3, 0.4) is 0 Å². The van der Waals surface area contributed by atoms with Gasteiger partial charge < -0.3 is 10.5 Å². The summed E-state index contributed by atoms with van der Waals surface area (Å²) in [5.41, 5.74) is 7.52. The highest BCUT2D eigenvalue weighted by atomic mass is 32.2. The lowest BCUT2D eigenvalue weighted by Crippen LogP contribution is -2.22. The lowest BCUT2D eigenvalue weighted by molar-refractivity contribution is 0.407. The number of benzene rings is 1. The van der Waals surface area contributed by atoms with Gasteiger partial charge in [0.25, 0.3) is 0 Å². The van der Waals surface area contributed by atoms with Crippen molar-refractivity contribution >= 4 is 11.8 Å². The number of hydrogen-bond donors (Lipinski definition) is 1. The highest BCUT2D eigenvalue weighted by Crippen LogP contribution is 2.37. The van der Waals surface area contributed by atoms with Crippen molar-refractivity contribution in [2.75, 3.05) is 13.4 Å². The van der Waals surface area contributed by atoms with Gasteiger partial charge in [0.15, 0.2) is 0 Å². The smallest absolute Gasteiger partial charge is 0.122 e. The first-order valence-electron chi connectivity index (χ1n) is 5.67. The number of hydrogen-bond acceptors (Lipinski definition) is 3. The Labute approximate surface area is 102 Å². The first-order valence-corrected chi connectivity index (χ1v) is 6.89. The van der Waals surface area contributed by atoms with Gasteiger partial charge in [-0.15, -0.1) is 11.8 Å². The third kappa shape index (κ3) is 2.71. The molecular formula is C13H19NOS. The van der Waals surface area contributed by atoms with Gasteiger partial charge in [-0.1, -0.05) is 0 Å². The lowest BCUT2D eigenvalue weighted by Gasteiger charge is -2.12. The molecule has 0 bridgehead atoms. The maximum absolute atomic E-state index is 6.11. The molecule has 0 heterocycles. The number of ether oxygens (including phenoxy) is 1. The third-order valence-corrected chi connectivity index (χ3v) is 4.00. The first-order chi connectivity index (χ1) is 7.67. The van der Waals surface area contributed by atoms with E-state index in [0.29, 0.717) is 0 Å². The maximum Gasteiger partial charge on any atom is 0.122 e. The fourth-order valence-electron chi connectivity index (χ4n) is 1.87. The molecule has 0 aliphatic heterocycles. The minimum atomic E-state index is 0.125. The molecule has 1 aliphatic rings. The summed E-state index contributed by atoms with van der Waals surface area (Å²) in [4.78, 5) is 1.29. The molecule has 0 atom stereocenters. The summed E-state index contributed by atoms with van der Waals surface area (Å²) >= 11 is 1.76. The molecule has 0 spiro atoms. The molecule has 16 heavy (non-hydrogen) atoms. The number of thioether (sulfide) groups is 1. The monoisotopic (exact) mass is 237 g/mol.